The highest BCUT2D eigenvalue weighted by Crippen LogP contribution is 2.13. The molecule has 0 spiro atoms. The van der Waals surface area contributed by atoms with Gasteiger partial charge in [0.15, 0.2) is 5.82 Å². The van der Waals surface area contributed by atoms with Gasteiger partial charge in [-0.2, -0.15) is 0 Å². The van der Waals surface area contributed by atoms with Gasteiger partial charge in [-0.05, 0) is 13.8 Å². The molecular formula is C8H12FN3. The smallest absolute Gasteiger partial charge is 0.164 e. The van der Waals surface area contributed by atoms with Gasteiger partial charge in [0.25, 0.3) is 0 Å². The fourth-order valence-electron chi connectivity index (χ4n) is 0.829. The Morgan fingerprint density at radius 2 is 2.25 bits per heavy atom. The number of hydrogen-bond donors (Lipinski definition) is 2. The maximum absolute atomic E-state index is 12.6. The van der Waals surface area contributed by atoms with E-state index < -0.39 is 5.82 Å². The molecule has 1 rings (SSSR count). The van der Waals surface area contributed by atoms with Crippen molar-refractivity contribution in [3.63, 3.8) is 0 Å². The molecule has 0 aromatic carbocycles. The zero-order valence-corrected chi connectivity index (χ0v) is 7.13. The highest BCUT2D eigenvalue weighted by atomic mass is 19.1. The molecule has 4 heteroatoms. The first-order valence-corrected chi connectivity index (χ1v) is 3.77. The summed E-state index contributed by atoms with van der Waals surface area (Å²) >= 11 is 0. The molecule has 0 radical (unpaired) electrons. The van der Waals surface area contributed by atoms with Crippen LogP contribution < -0.4 is 11.1 Å². The van der Waals surface area contributed by atoms with Gasteiger partial charge < -0.3 is 11.1 Å². The van der Waals surface area contributed by atoms with E-state index in [0.29, 0.717) is 5.82 Å². The van der Waals surface area contributed by atoms with Gasteiger partial charge in [-0.1, -0.05) is 0 Å². The van der Waals surface area contributed by atoms with Crippen LogP contribution in [-0.4, -0.2) is 11.0 Å². The summed E-state index contributed by atoms with van der Waals surface area (Å²) in [6, 6.07) is 1.75. The standard InChI is InChI=1S/C8H12FN3/c1-5(2)12-8-3-7(10)6(9)4-11-8/h3-5H,1-2H3,(H3,10,11,12). The molecule has 3 nitrogen and oxygen atoms in total. The molecule has 0 aliphatic rings. The van der Waals surface area contributed by atoms with Crippen LogP contribution in [0.15, 0.2) is 12.3 Å². The molecule has 0 saturated heterocycles. The molecule has 0 saturated carbocycles. The van der Waals surface area contributed by atoms with Crippen molar-refractivity contribution in [1.82, 2.24) is 4.98 Å². The van der Waals surface area contributed by atoms with Gasteiger partial charge in [-0.25, -0.2) is 9.37 Å². The lowest BCUT2D eigenvalue weighted by molar-refractivity contribution is 0.626. The van der Waals surface area contributed by atoms with E-state index in [0.717, 1.165) is 6.20 Å². The van der Waals surface area contributed by atoms with Crippen LogP contribution in [0, 0.1) is 5.82 Å². The quantitative estimate of drug-likeness (QED) is 0.707. The average molecular weight is 169 g/mol. The van der Waals surface area contributed by atoms with E-state index in [-0.39, 0.29) is 11.7 Å². The molecule has 3 N–H and O–H groups in total. The van der Waals surface area contributed by atoms with Crippen molar-refractivity contribution < 1.29 is 4.39 Å². The number of halogens is 1. The third-order valence-corrected chi connectivity index (χ3v) is 1.32. The summed E-state index contributed by atoms with van der Waals surface area (Å²) in [6.07, 6.45) is 1.11. The molecule has 0 amide bonds. The van der Waals surface area contributed by atoms with E-state index >= 15 is 0 Å². The van der Waals surface area contributed by atoms with Gasteiger partial charge in [0.05, 0.1) is 11.9 Å². The minimum Gasteiger partial charge on any atom is -0.396 e. The van der Waals surface area contributed by atoms with Gasteiger partial charge >= 0.3 is 0 Å². The van der Waals surface area contributed by atoms with Gasteiger partial charge in [-0.3, -0.25) is 0 Å². The molecule has 1 aromatic rings. The van der Waals surface area contributed by atoms with E-state index in [2.05, 4.69) is 10.3 Å². The topological polar surface area (TPSA) is 50.9 Å². The number of pyridine rings is 1. The van der Waals surface area contributed by atoms with Gasteiger partial charge in [0.2, 0.25) is 0 Å². The molecule has 0 aliphatic heterocycles. The van der Waals surface area contributed by atoms with Crippen LogP contribution in [0.4, 0.5) is 15.9 Å². The monoisotopic (exact) mass is 169 g/mol. The molecule has 1 aromatic heterocycles. The van der Waals surface area contributed by atoms with Crippen molar-refractivity contribution in [3.8, 4) is 0 Å². The van der Waals surface area contributed by atoms with Crippen LogP contribution in [0.2, 0.25) is 0 Å². The van der Waals surface area contributed by atoms with Crippen molar-refractivity contribution in [1.29, 1.82) is 0 Å². The lowest BCUT2D eigenvalue weighted by Crippen LogP contribution is -2.11. The van der Waals surface area contributed by atoms with Gasteiger partial charge in [-0.15, -0.1) is 0 Å². The highest BCUT2D eigenvalue weighted by Gasteiger charge is 2.01. The molecular weight excluding hydrogens is 157 g/mol. The molecule has 0 aliphatic carbocycles. The predicted molar refractivity (Wildman–Crippen MR) is 47.4 cm³/mol. The Kier molecular flexibility index (Phi) is 2.47. The summed E-state index contributed by atoms with van der Waals surface area (Å²) in [5, 5.41) is 3.02. The Bertz CT molecular complexity index is 273. The number of anilines is 2. The third-order valence-electron chi connectivity index (χ3n) is 1.32. The first kappa shape index (κ1) is 8.77. The Labute approximate surface area is 70.8 Å². The normalized spacial score (nSPS) is 10.3. The zero-order chi connectivity index (χ0) is 9.14. The number of nitrogen functional groups attached to an aromatic ring is 1. The maximum Gasteiger partial charge on any atom is 0.164 e. The maximum atomic E-state index is 12.6. The summed E-state index contributed by atoms with van der Waals surface area (Å²) in [5.74, 6) is 0.119. The van der Waals surface area contributed by atoms with Crippen molar-refractivity contribution in [2.45, 2.75) is 19.9 Å². The van der Waals surface area contributed by atoms with Crippen molar-refractivity contribution in [2.24, 2.45) is 0 Å². The van der Waals surface area contributed by atoms with E-state index in [1.54, 1.807) is 0 Å². The molecule has 0 unspecified atom stereocenters. The molecule has 0 atom stereocenters. The van der Waals surface area contributed by atoms with Gasteiger partial charge in [0.1, 0.15) is 5.82 Å². The fraction of sp³-hybridized carbons (Fsp3) is 0.375. The Hall–Kier alpha value is -1.32. The van der Waals surface area contributed by atoms with Crippen LogP contribution in [0.25, 0.3) is 0 Å². The van der Waals surface area contributed by atoms with Crippen molar-refractivity contribution in [3.05, 3.63) is 18.1 Å². The molecule has 66 valence electrons. The predicted octanol–water partition coefficient (Wildman–Crippen LogP) is 1.62. The number of nitrogens with zero attached hydrogens (tertiary/aromatic N) is 1. The van der Waals surface area contributed by atoms with E-state index in [1.807, 2.05) is 13.8 Å². The number of hydrogen-bond acceptors (Lipinski definition) is 3. The lowest BCUT2D eigenvalue weighted by atomic mass is 10.3. The van der Waals surface area contributed by atoms with Gasteiger partial charge in [0, 0.05) is 12.1 Å². The lowest BCUT2D eigenvalue weighted by Gasteiger charge is -2.08. The summed E-state index contributed by atoms with van der Waals surface area (Å²) in [6.45, 7) is 3.95. The molecule has 0 bridgehead atoms. The Balaban J connectivity index is 2.82. The first-order valence-electron chi connectivity index (χ1n) is 3.77. The summed E-state index contributed by atoms with van der Waals surface area (Å²) in [4.78, 5) is 3.81. The SMILES string of the molecule is CC(C)Nc1cc(N)c(F)cn1. The third kappa shape index (κ3) is 2.08. The van der Waals surface area contributed by atoms with E-state index in [1.165, 1.54) is 6.07 Å². The minimum absolute atomic E-state index is 0.119. The zero-order valence-electron chi connectivity index (χ0n) is 7.13. The summed E-state index contributed by atoms with van der Waals surface area (Å²) in [5.41, 5.74) is 5.46. The number of nitrogens with one attached hydrogen (secondary N) is 1. The fourth-order valence-corrected chi connectivity index (χ4v) is 0.829. The van der Waals surface area contributed by atoms with Crippen molar-refractivity contribution >= 4 is 11.5 Å². The highest BCUT2D eigenvalue weighted by molar-refractivity contribution is 5.49. The second kappa shape index (κ2) is 3.38. The molecule has 0 fully saturated rings. The summed E-state index contributed by atoms with van der Waals surface area (Å²) < 4.78 is 12.6. The minimum atomic E-state index is -0.482. The average Bonchev–Trinajstić information content (AvgIpc) is 1.96. The van der Waals surface area contributed by atoms with Crippen LogP contribution in [0.3, 0.4) is 0 Å². The first-order chi connectivity index (χ1) is 5.59. The van der Waals surface area contributed by atoms with Crippen molar-refractivity contribution in [2.75, 3.05) is 11.1 Å². The molecule has 1 heterocycles. The Morgan fingerprint density at radius 3 is 2.75 bits per heavy atom. The second-order valence-corrected chi connectivity index (χ2v) is 2.89. The number of rotatable bonds is 2. The van der Waals surface area contributed by atoms with E-state index in [4.69, 9.17) is 5.73 Å². The van der Waals surface area contributed by atoms with Crippen LogP contribution >= 0.6 is 0 Å². The van der Waals surface area contributed by atoms with Crippen LogP contribution in [0.1, 0.15) is 13.8 Å². The van der Waals surface area contributed by atoms with Crippen LogP contribution in [-0.2, 0) is 0 Å². The van der Waals surface area contributed by atoms with Crippen LogP contribution in [0.5, 0.6) is 0 Å². The number of nitrogens with two attached hydrogens (primary N) is 1. The second-order valence-electron chi connectivity index (χ2n) is 2.89. The number of aromatic nitrogens is 1. The largest absolute Gasteiger partial charge is 0.396 e. The summed E-state index contributed by atoms with van der Waals surface area (Å²) in [7, 11) is 0. The molecule has 12 heavy (non-hydrogen) atoms. The van der Waals surface area contributed by atoms with E-state index in [9.17, 15) is 4.39 Å². The Morgan fingerprint density at radius 1 is 1.58 bits per heavy atom.